The van der Waals surface area contributed by atoms with Crippen molar-refractivity contribution in [1.29, 1.82) is 0 Å². The highest BCUT2D eigenvalue weighted by Crippen LogP contribution is 2.31. The topological polar surface area (TPSA) is 12.0 Å². The minimum atomic E-state index is -0.289. The van der Waals surface area contributed by atoms with Crippen LogP contribution in [0, 0.1) is 29.1 Å². The van der Waals surface area contributed by atoms with Crippen LogP contribution in [0.3, 0.4) is 0 Å². The van der Waals surface area contributed by atoms with Gasteiger partial charge >= 0.3 is 0 Å². The van der Waals surface area contributed by atoms with E-state index in [0.29, 0.717) is 5.56 Å². The Morgan fingerprint density at radius 3 is 2.35 bits per heavy atom. The Kier molecular flexibility index (Phi) is 4.75. The highest BCUT2D eigenvalue weighted by Gasteiger charge is 2.21. The van der Waals surface area contributed by atoms with Gasteiger partial charge < -0.3 is 5.32 Å². The summed E-state index contributed by atoms with van der Waals surface area (Å²) in [7, 11) is 1.78. The van der Waals surface area contributed by atoms with Gasteiger partial charge in [0.1, 0.15) is 11.6 Å². The molecule has 2 rings (SSSR count). The quantitative estimate of drug-likeness (QED) is 0.766. The van der Waals surface area contributed by atoms with Crippen molar-refractivity contribution in [2.24, 2.45) is 0 Å². The van der Waals surface area contributed by atoms with Crippen LogP contribution >= 0.6 is 22.6 Å². The van der Waals surface area contributed by atoms with Crippen LogP contribution in [0.15, 0.2) is 30.3 Å². The fourth-order valence-electron chi connectivity index (χ4n) is 2.48. The summed E-state index contributed by atoms with van der Waals surface area (Å²) in [4.78, 5) is 0. The molecule has 1 N–H and O–H groups in total. The molecule has 0 radical (unpaired) electrons. The monoisotopic (exact) mass is 387 g/mol. The highest BCUT2D eigenvalue weighted by atomic mass is 127. The highest BCUT2D eigenvalue weighted by molar-refractivity contribution is 14.1. The van der Waals surface area contributed by atoms with E-state index in [0.717, 1.165) is 20.3 Å². The average molecular weight is 387 g/mol. The molecule has 106 valence electrons. The van der Waals surface area contributed by atoms with Crippen molar-refractivity contribution in [2.75, 3.05) is 7.05 Å². The summed E-state index contributed by atoms with van der Waals surface area (Å²) >= 11 is 2.08. The maximum absolute atomic E-state index is 14.3. The Morgan fingerprint density at radius 1 is 1.10 bits per heavy atom. The number of nitrogens with one attached hydrogen (secondary N) is 1. The van der Waals surface area contributed by atoms with Crippen molar-refractivity contribution in [3.8, 4) is 0 Å². The molecule has 0 aromatic heterocycles. The van der Waals surface area contributed by atoms with Crippen molar-refractivity contribution in [3.63, 3.8) is 0 Å². The minimum Gasteiger partial charge on any atom is -0.309 e. The van der Waals surface area contributed by atoms with E-state index in [1.54, 1.807) is 13.1 Å². The second-order valence-electron chi connectivity index (χ2n) is 4.86. The molecule has 1 nitrogen and oxygen atoms in total. The van der Waals surface area contributed by atoms with E-state index in [1.165, 1.54) is 18.2 Å². The van der Waals surface area contributed by atoms with Crippen LogP contribution in [-0.4, -0.2) is 7.05 Å². The van der Waals surface area contributed by atoms with E-state index in [-0.39, 0.29) is 17.7 Å². The van der Waals surface area contributed by atoms with Gasteiger partial charge in [-0.2, -0.15) is 0 Å². The SMILES string of the molecule is CNC(c1ccc(F)cc1I)c1c(C)cc(C)cc1F. The van der Waals surface area contributed by atoms with Crippen molar-refractivity contribution < 1.29 is 8.78 Å². The average Bonchev–Trinajstić information content (AvgIpc) is 2.34. The molecule has 1 atom stereocenters. The van der Waals surface area contributed by atoms with E-state index >= 15 is 0 Å². The Bertz CT molecular complexity index is 617. The first-order valence-electron chi connectivity index (χ1n) is 6.33. The fourth-order valence-corrected chi connectivity index (χ4v) is 3.27. The lowest BCUT2D eigenvalue weighted by atomic mass is 9.93. The summed E-state index contributed by atoms with van der Waals surface area (Å²) in [6, 6.07) is 7.77. The summed E-state index contributed by atoms with van der Waals surface area (Å²) in [5.74, 6) is -0.518. The third-order valence-electron chi connectivity index (χ3n) is 3.33. The molecule has 0 saturated carbocycles. The molecule has 2 aromatic rings. The van der Waals surface area contributed by atoms with Gasteiger partial charge in [-0.25, -0.2) is 8.78 Å². The number of benzene rings is 2. The first-order chi connectivity index (χ1) is 9.43. The molecule has 0 aliphatic carbocycles. The van der Waals surface area contributed by atoms with Gasteiger partial charge in [0.2, 0.25) is 0 Å². The lowest BCUT2D eigenvalue weighted by Crippen LogP contribution is -2.21. The van der Waals surface area contributed by atoms with Crippen molar-refractivity contribution in [2.45, 2.75) is 19.9 Å². The Morgan fingerprint density at radius 2 is 1.80 bits per heavy atom. The third kappa shape index (κ3) is 3.01. The second-order valence-corrected chi connectivity index (χ2v) is 6.03. The van der Waals surface area contributed by atoms with Gasteiger partial charge in [0.25, 0.3) is 0 Å². The van der Waals surface area contributed by atoms with Gasteiger partial charge in [-0.3, -0.25) is 0 Å². The molecule has 0 aliphatic rings. The number of aryl methyl sites for hydroxylation is 2. The van der Waals surface area contributed by atoms with Crippen LogP contribution in [0.4, 0.5) is 8.78 Å². The summed E-state index contributed by atoms with van der Waals surface area (Å²) in [6.45, 7) is 3.77. The van der Waals surface area contributed by atoms with E-state index < -0.39 is 0 Å². The summed E-state index contributed by atoms with van der Waals surface area (Å²) in [5, 5.41) is 3.13. The predicted octanol–water partition coefficient (Wildman–Crippen LogP) is 4.50. The van der Waals surface area contributed by atoms with E-state index in [9.17, 15) is 8.78 Å². The molecule has 0 bridgehead atoms. The van der Waals surface area contributed by atoms with Gasteiger partial charge in [0.05, 0.1) is 6.04 Å². The third-order valence-corrected chi connectivity index (χ3v) is 4.27. The molecule has 4 heteroatoms. The van der Waals surface area contributed by atoms with Gasteiger partial charge in [-0.05, 0) is 78.4 Å². The number of hydrogen-bond donors (Lipinski definition) is 1. The molecule has 2 aromatic carbocycles. The van der Waals surface area contributed by atoms with Gasteiger partial charge in [0, 0.05) is 9.13 Å². The van der Waals surface area contributed by atoms with Crippen molar-refractivity contribution in [1.82, 2.24) is 5.32 Å². The standard InChI is InChI=1S/C16H16F2IN/c1-9-6-10(2)15(13(18)7-9)16(20-3)12-5-4-11(17)8-14(12)19/h4-8,16,20H,1-3H3. The van der Waals surface area contributed by atoms with Gasteiger partial charge in [0.15, 0.2) is 0 Å². The zero-order chi connectivity index (χ0) is 14.9. The van der Waals surface area contributed by atoms with Crippen LogP contribution in [0.1, 0.15) is 28.3 Å². The number of halogens is 3. The molecule has 0 saturated heterocycles. The molecule has 1 unspecified atom stereocenters. The Labute approximate surface area is 131 Å². The molecule has 0 amide bonds. The predicted molar refractivity (Wildman–Crippen MR) is 85.9 cm³/mol. The molecule has 0 fully saturated rings. The lowest BCUT2D eigenvalue weighted by Gasteiger charge is -2.22. The molecule has 0 heterocycles. The molecule has 0 spiro atoms. The fraction of sp³-hybridized carbons (Fsp3) is 0.250. The van der Waals surface area contributed by atoms with Crippen LogP contribution in [0.2, 0.25) is 0 Å². The summed E-state index contributed by atoms with van der Waals surface area (Å²) in [5.41, 5.74) is 3.28. The maximum Gasteiger partial charge on any atom is 0.128 e. The summed E-state index contributed by atoms with van der Waals surface area (Å²) in [6.07, 6.45) is 0. The van der Waals surface area contributed by atoms with Crippen LogP contribution in [0.5, 0.6) is 0 Å². The van der Waals surface area contributed by atoms with E-state index in [1.807, 2.05) is 19.9 Å². The normalized spacial score (nSPS) is 12.5. The first-order valence-corrected chi connectivity index (χ1v) is 7.40. The minimum absolute atomic E-state index is 0.234. The van der Waals surface area contributed by atoms with E-state index in [4.69, 9.17) is 0 Å². The Hall–Kier alpha value is -1.01. The number of hydrogen-bond acceptors (Lipinski definition) is 1. The zero-order valence-corrected chi connectivity index (χ0v) is 13.8. The van der Waals surface area contributed by atoms with Crippen LogP contribution < -0.4 is 5.32 Å². The largest absolute Gasteiger partial charge is 0.309 e. The van der Waals surface area contributed by atoms with Gasteiger partial charge in [-0.1, -0.05) is 12.1 Å². The molecule has 20 heavy (non-hydrogen) atoms. The van der Waals surface area contributed by atoms with Crippen molar-refractivity contribution in [3.05, 3.63) is 67.8 Å². The van der Waals surface area contributed by atoms with Crippen LogP contribution in [-0.2, 0) is 0 Å². The van der Waals surface area contributed by atoms with Crippen LogP contribution in [0.25, 0.3) is 0 Å². The lowest BCUT2D eigenvalue weighted by molar-refractivity contribution is 0.569. The first kappa shape index (κ1) is 15.4. The molecule has 0 aliphatic heterocycles. The Balaban J connectivity index is 2.58. The zero-order valence-electron chi connectivity index (χ0n) is 11.6. The van der Waals surface area contributed by atoms with E-state index in [2.05, 4.69) is 27.9 Å². The maximum atomic E-state index is 14.3. The molecular weight excluding hydrogens is 371 g/mol. The summed E-state index contributed by atoms with van der Waals surface area (Å²) < 4.78 is 28.3. The van der Waals surface area contributed by atoms with Gasteiger partial charge in [-0.15, -0.1) is 0 Å². The molecular formula is C16H16F2IN. The van der Waals surface area contributed by atoms with Crippen molar-refractivity contribution >= 4 is 22.6 Å². The number of rotatable bonds is 3. The smallest absolute Gasteiger partial charge is 0.128 e. The second kappa shape index (κ2) is 6.18.